The number of hydrogen-bond acceptors (Lipinski definition) is 2. The van der Waals surface area contributed by atoms with Gasteiger partial charge in [0.15, 0.2) is 0 Å². The molecule has 0 amide bonds. The first-order valence-electron chi connectivity index (χ1n) is 4.06. The van der Waals surface area contributed by atoms with Gasteiger partial charge in [-0.25, -0.2) is 4.79 Å². The Balaban J connectivity index is 2.45. The Morgan fingerprint density at radius 3 is 2.82 bits per heavy atom. The van der Waals surface area contributed by atoms with E-state index in [2.05, 4.69) is 13.8 Å². The molecule has 1 saturated heterocycles. The predicted octanol–water partition coefficient (Wildman–Crippen LogP) is 1.91. The second-order valence-corrected chi connectivity index (χ2v) is 3.24. The van der Waals surface area contributed by atoms with Crippen LogP contribution < -0.4 is 0 Å². The van der Waals surface area contributed by atoms with Crippen molar-refractivity contribution in [3.8, 4) is 0 Å². The number of carbonyl (C=O) groups is 1. The zero-order valence-corrected chi connectivity index (χ0v) is 7.09. The lowest BCUT2D eigenvalue weighted by Crippen LogP contribution is -1.95. The molecule has 1 fully saturated rings. The van der Waals surface area contributed by atoms with Gasteiger partial charge in [0.05, 0.1) is 6.61 Å². The van der Waals surface area contributed by atoms with E-state index < -0.39 is 0 Å². The van der Waals surface area contributed by atoms with Crippen LogP contribution in [-0.4, -0.2) is 12.6 Å². The smallest absolute Gasteiger partial charge is 0.333 e. The van der Waals surface area contributed by atoms with Crippen LogP contribution in [0, 0.1) is 5.92 Å². The van der Waals surface area contributed by atoms with Crippen LogP contribution in [0.2, 0.25) is 0 Å². The lowest BCUT2D eigenvalue weighted by Gasteiger charge is -1.97. The molecule has 11 heavy (non-hydrogen) atoms. The lowest BCUT2D eigenvalue weighted by molar-refractivity contribution is -0.135. The van der Waals surface area contributed by atoms with Crippen molar-refractivity contribution in [3.63, 3.8) is 0 Å². The van der Waals surface area contributed by atoms with Gasteiger partial charge in [0, 0.05) is 12.0 Å². The third kappa shape index (κ3) is 2.37. The van der Waals surface area contributed by atoms with E-state index in [-0.39, 0.29) is 5.97 Å². The highest BCUT2D eigenvalue weighted by atomic mass is 16.5. The molecule has 0 radical (unpaired) electrons. The maximum absolute atomic E-state index is 10.9. The zero-order valence-electron chi connectivity index (χ0n) is 7.09. The highest BCUT2D eigenvalue weighted by Gasteiger charge is 2.17. The molecule has 0 unspecified atom stereocenters. The SMILES string of the molecule is CC(C)C/C=C1/CCOC1=O. The molecule has 0 aromatic heterocycles. The largest absolute Gasteiger partial charge is 0.462 e. The minimum absolute atomic E-state index is 0.120. The normalized spacial score (nSPS) is 21.4. The van der Waals surface area contributed by atoms with E-state index in [9.17, 15) is 4.79 Å². The summed E-state index contributed by atoms with van der Waals surface area (Å²) in [4.78, 5) is 10.9. The zero-order chi connectivity index (χ0) is 8.27. The molecule has 0 N–H and O–H groups in total. The summed E-state index contributed by atoms with van der Waals surface area (Å²) < 4.78 is 4.79. The molecule has 1 aliphatic rings. The van der Waals surface area contributed by atoms with Crippen molar-refractivity contribution in [2.45, 2.75) is 26.7 Å². The monoisotopic (exact) mass is 154 g/mol. The summed E-state index contributed by atoms with van der Waals surface area (Å²) >= 11 is 0. The van der Waals surface area contributed by atoms with Crippen molar-refractivity contribution >= 4 is 5.97 Å². The van der Waals surface area contributed by atoms with Gasteiger partial charge >= 0.3 is 5.97 Å². The molecule has 0 aromatic rings. The van der Waals surface area contributed by atoms with Crippen LogP contribution in [0.5, 0.6) is 0 Å². The first-order valence-corrected chi connectivity index (χ1v) is 4.06. The van der Waals surface area contributed by atoms with Gasteiger partial charge in [-0.15, -0.1) is 0 Å². The van der Waals surface area contributed by atoms with Gasteiger partial charge in [-0.1, -0.05) is 19.9 Å². The molecular weight excluding hydrogens is 140 g/mol. The van der Waals surface area contributed by atoms with E-state index in [1.165, 1.54) is 0 Å². The first kappa shape index (κ1) is 8.31. The van der Waals surface area contributed by atoms with Gasteiger partial charge in [0.2, 0.25) is 0 Å². The third-order valence-corrected chi connectivity index (χ3v) is 1.70. The molecule has 1 aliphatic heterocycles. The molecule has 0 aromatic carbocycles. The van der Waals surface area contributed by atoms with Gasteiger partial charge in [0.25, 0.3) is 0 Å². The van der Waals surface area contributed by atoms with Crippen LogP contribution in [0.4, 0.5) is 0 Å². The third-order valence-electron chi connectivity index (χ3n) is 1.70. The summed E-state index contributed by atoms with van der Waals surface area (Å²) in [7, 11) is 0. The molecule has 1 rings (SSSR count). The van der Waals surface area contributed by atoms with Crippen molar-refractivity contribution in [2.75, 3.05) is 6.61 Å². The number of ether oxygens (including phenoxy) is 1. The fourth-order valence-corrected chi connectivity index (χ4v) is 1.01. The number of allylic oxidation sites excluding steroid dienone is 1. The minimum Gasteiger partial charge on any atom is -0.462 e. The van der Waals surface area contributed by atoms with Crippen LogP contribution in [0.15, 0.2) is 11.6 Å². The average Bonchev–Trinajstić information content (AvgIpc) is 2.31. The molecule has 0 spiro atoms. The second-order valence-electron chi connectivity index (χ2n) is 3.24. The second kappa shape index (κ2) is 3.56. The van der Waals surface area contributed by atoms with E-state index in [1.807, 2.05) is 6.08 Å². The molecule has 0 saturated carbocycles. The Hall–Kier alpha value is -0.790. The summed E-state index contributed by atoms with van der Waals surface area (Å²) in [6.45, 7) is 4.84. The number of cyclic esters (lactones) is 1. The van der Waals surface area contributed by atoms with E-state index in [1.54, 1.807) is 0 Å². The molecule has 62 valence electrons. The van der Waals surface area contributed by atoms with Gasteiger partial charge in [-0.2, -0.15) is 0 Å². The maximum Gasteiger partial charge on any atom is 0.333 e. The molecule has 0 bridgehead atoms. The van der Waals surface area contributed by atoms with Crippen LogP contribution >= 0.6 is 0 Å². The van der Waals surface area contributed by atoms with Gasteiger partial charge in [0.1, 0.15) is 0 Å². The van der Waals surface area contributed by atoms with Crippen molar-refractivity contribution < 1.29 is 9.53 Å². The summed E-state index contributed by atoms with van der Waals surface area (Å²) in [5.74, 6) is 0.501. The molecule has 1 heterocycles. The Morgan fingerprint density at radius 2 is 2.36 bits per heavy atom. The Bertz CT molecular complexity index is 180. The summed E-state index contributed by atoms with van der Waals surface area (Å²) in [6.07, 6.45) is 3.77. The van der Waals surface area contributed by atoms with E-state index in [4.69, 9.17) is 4.74 Å². The van der Waals surface area contributed by atoms with Crippen molar-refractivity contribution in [1.82, 2.24) is 0 Å². The Kier molecular flexibility index (Phi) is 2.69. The fourth-order valence-electron chi connectivity index (χ4n) is 1.01. The Labute approximate surface area is 67.2 Å². The van der Waals surface area contributed by atoms with Gasteiger partial charge in [-0.3, -0.25) is 0 Å². The minimum atomic E-state index is -0.120. The van der Waals surface area contributed by atoms with E-state index in [0.717, 1.165) is 18.4 Å². The van der Waals surface area contributed by atoms with Crippen molar-refractivity contribution in [2.24, 2.45) is 5.92 Å². The predicted molar refractivity (Wildman–Crippen MR) is 43.1 cm³/mol. The summed E-state index contributed by atoms with van der Waals surface area (Å²) in [5.41, 5.74) is 0.860. The quantitative estimate of drug-likeness (QED) is 0.448. The van der Waals surface area contributed by atoms with Crippen molar-refractivity contribution in [3.05, 3.63) is 11.6 Å². The molecule has 2 heteroatoms. The molecular formula is C9H14O2. The van der Waals surface area contributed by atoms with E-state index >= 15 is 0 Å². The van der Waals surface area contributed by atoms with Gasteiger partial charge in [-0.05, 0) is 12.3 Å². The number of carbonyl (C=O) groups excluding carboxylic acids is 1. The molecule has 0 atom stereocenters. The lowest BCUT2D eigenvalue weighted by atomic mass is 10.1. The summed E-state index contributed by atoms with van der Waals surface area (Å²) in [5, 5.41) is 0. The highest BCUT2D eigenvalue weighted by Crippen LogP contribution is 2.15. The first-order chi connectivity index (χ1) is 5.20. The van der Waals surface area contributed by atoms with Gasteiger partial charge < -0.3 is 4.74 Å². The molecule has 2 nitrogen and oxygen atoms in total. The number of rotatable bonds is 2. The summed E-state index contributed by atoms with van der Waals surface area (Å²) in [6, 6.07) is 0. The van der Waals surface area contributed by atoms with Crippen molar-refractivity contribution in [1.29, 1.82) is 0 Å². The average molecular weight is 154 g/mol. The Morgan fingerprint density at radius 1 is 1.64 bits per heavy atom. The van der Waals surface area contributed by atoms with Crippen LogP contribution in [0.3, 0.4) is 0 Å². The van der Waals surface area contributed by atoms with Crippen LogP contribution in [0.1, 0.15) is 26.7 Å². The maximum atomic E-state index is 10.9. The fraction of sp³-hybridized carbons (Fsp3) is 0.667. The standard InChI is InChI=1S/C9H14O2/c1-7(2)3-4-8-5-6-11-9(8)10/h4,7H,3,5-6H2,1-2H3/b8-4-. The van der Waals surface area contributed by atoms with Crippen LogP contribution in [-0.2, 0) is 9.53 Å². The topological polar surface area (TPSA) is 26.3 Å². The van der Waals surface area contributed by atoms with E-state index in [0.29, 0.717) is 12.5 Å². The highest BCUT2D eigenvalue weighted by molar-refractivity contribution is 5.90. The molecule has 0 aliphatic carbocycles. The number of esters is 1. The number of hydrogen-bond donors (Lipinski definition) is 0. The van der Waals surface area contributed by atoms with Crippen LogP contribution in [0.25, 0.3) is 0 Å².